The molecule has 0 saturated carbocycles. The molecule has 1 rings (SSSR count). The number of thioether (sulfide) groups is 1. The Morgan fingerprint density at radius 3 is 2.16 bits per heavy atom. The first-order valence-electron chi connectivity index (χ1n) is 9.72. The van der Waals surface area contributed by atoms with E-state index < -0.39 is 54.5 Å². The number of rotatable bonds is 13. The minimum atomic E-state index is -1.36. The number of nitrogens with two attached hydrogens (primary N) is 1. The zero-order chi connectivity index (χ0) is 23.4. The predicted octanol–water partition coefficient (Wildman–Crippen LogP) is -1.14. The average Bonchev–Trinajstić information content (AvgIpc) is 2.74. The van der Waals surface area contributed by atoms with E-state index in [0.29, 0.717) is 5.75 Å². The van der Waals surface area contributed by atoms with Gasteiger partial charge in [-0.25, -0.2) is 4.79 Å². The van der Waals surface area contributed by atoms with Crippen LogP contribution in [0.25, 0.3) is 0 Å². The fraction of sp³-hybridized carbons (Fsp3) is 0.500. The number of aliphatic carboxylic acids is 1. The van der Waals surface area contributed by atoms with Gasteiger partial charge in [-0.3, -0.25) is 14.4 Å². The van der Waals surface area contributed by atoms with Crippen molar-refractivity contribution < 1.29 is 29.4 Å². The van der Waals surface area contributed by atoms with Crippen LogP contribution in [0.4, 0.5) is 0 Å². The fourth-order valence-electron chi connectivity index (χ4n) is 2.60. The van der Waals surface area contributed by atoms with Gasteiger partial charge in [-0.1, -0.05) is 30.3 Å². The number of hydrogen-bond donors (Lipinski definition) is 6. The Morgan fingerprint density at radius 2 is 1.61 bits per heavy atom. The van der Waals surface area contributed by atoms with Crippen LogP contribution in [0, 0.1) is 0 Å². The first-order valence-corrected chi connectivity index (χ1v) is 11.1. The quantitative estimate of drug-likeness (QED) is 0.217. The molecular weight excluding hydrogens is 424 g/mol. The molecular formula is C20H30N4O6S. The molecule has 10 nitrogen and oxygen atoms in total. The third-order valence-corrected chi connectivity index (χ3v) is 5.07. The van der Waals surface area contributed by atoms with Crippen LogP contribution in [0.2, 0.25) is 0 Å². The molecule has 0 heterocycles. The van der Waals surface area contributed by atoms with Crippen molar-refractivity contribution in [2.75, 3.05) is 18.6 Å². The first kappa shape index (κ1) is 26.4. The number of nitrogens with one attached hydrogen (secondary N) is 3. The highest BCUT2D eigenvalue weighted by Crippen LogP contribution is 2.03. The van der Waals surface area contributed by atoms with Gasteiger partial charge in [0.25, 0.3) is 0 Å². The number of carbonyl (C=O) groups is 4. The van der Waals surface area contributed by atoms with E-state index in [0.717, 1.165) is 5.56 Å². The second kappa shape index (κ2) is 13.6. The van der Waals surface area contributed by atoms with E-state index in [1.165, 1.54) is 18.7 Å². The lowest BCUT2D eigenvalue weighted by atomic mass is 10.1. The molecule has 3 amide bonds. The van der Waals surface area contributed by atoms with Crippen molar-refractivity contribution in [3.63, 3.8) is 0 Å². The van der Waals surface area contributed by atoms with Crippen LogP contribution in [0.3, 0.4) is 0 Å². The molecule has 0 fully saturated rings. The lowest BCUT2D eigenvalue weighted by Crippen LogP contribution is -2.57. The molecule has 31 heavy (non-hydrogen) atoms. The Balaban J connectivity index is 2.60. The van der Waals surface area contributed by atoms with Gasteiger partial charge in [-0.05, 0) is 37.3 Å². The van der Waals surface area contributed by atoms with E-state index >= 15 is 0 Å². The summed E-state index contributed by atoms with van der Waals surface area (Å²) < 4.78 is 0. The van der Waals surface area contributed by atoms with Gasteiger partial charge in [0.2, 0.25) is 17.7 Å². The standard InChI is InChI=1S/C20H30N4O6S/c1-12(22-18(27)14(21)10-13-6-4-3-5-7-13)17(26)24-16(11-25)19(28)23-15(20(29)30)8-9-31-2/h3-7,12,14-16,25H,8-11,21H2,1-2H3,(H,22,27)(H,23,28)(H,24,26)(H,29,30). The van der Waals surface area contributed by atoms with E-state index in [4.69, 9.17) is 5.73 Å². The van der Waals surface area contributed by atoms with Crippen LogP contribution >= 0.6 is 11.8 Å². The van der Waals surface area contributed by atoms with E-state index in [-0.39, 0.29) is 12.8 Å². The molecule has 4 unspecified atom stereocenters. The largest absolute Gasteiger partial charge is 0.480 e. The molecule has 0 saturated heterocycles. The van der Waals surface area contributed by atoms with Crippen LogP contribution in [-0.4, -0.2) is 76.7 Å². The summed E-state index contributed by atoms with van der Waals surface area (Å²) in [6.45, 7) is 0.675. The summed E-state index contributed by atoms with van der Waals surface area (Å²) in [5.41, 5.74) is 6.76. The molecule has 0 bridgehead atoms. The SMILES string of the molecule is CSCCC(NC(=O)C(CO)NC(=O)C(C)NC(=O)C(N)Cc1ccccc1)C(=O)O. The number of carboxylic acid groups (broad SMARTS) is 1. The smallest absolute Gasteiger partial charge is 0.326 e. The Bertz CT molecular complexity index is 748. The second-order valence-corrected chi connectivity index (χ2v) is 7.94. The third kappa shape index (κ3) is 9.37. The van der Waals surface area contributed by atoms with Gasteiger partial charge in [0.05, 0.1) is 12.6 Å². The number of amides is 3. The van der Waals surface area contributed by atoms with Crippen molar-refractivity contribution in [2.45, 2.75) is 43.9 Å². The van der Waals surface area contributed by atoms with Crippen molar-refractivity contribution in [2.24, 2.45) is 5.73 Å². The van der Waals surface area contributed by atoms with Gasteiger partial charge in [0.15, 0.2) is 0 Å². The topological polar surface area (TPSA) is 171 Å². The van der Waals surface area contributed by atoms with Crippen molar-refractivity contribution in [3.05, 3.63) is 35.9 Å². The minimum absolute atomic E-state index is 0.195. The number of carbonyl (C=O) groups excluding carboxylic acids is 3. The minimum Gasteiger partial charge on any atom is -0.480 e. The Labute approximate surface area is 185 Å². The molecule has 0 aliphatic rings. The molecule has 7 N–H and O–H groups in total. The molecule has 0 aliphatic heterocycles. The van der Waals surface area contributed by atoms with Gasteiger partial charge in [-0.15, -0.1) is 0 Å². The summed E-state index contributed by atoms with van der Waals surface area (Å²) in [6.07, 6.45) is 2.29. The third-order valence-electron chi connectivity index (χ3n) is 4.43. The summed E-state index contributed by atoms with van der Waals surface area (Å²) in [7, 11) is 0. The molecule has 0 radical (unpaired) electrons. The van der Waals surface area contributed by atoms with Crippen LogP contribution in [0.15, 0.2) is 30.3 Å². The highest BCUT2D eigenvalue weighted by Gasteiger charge is 2.28. The summed E-state index contributed by atoms with van der Waals surface area (Å²) >= 11 is 1.43. The Hall–Kier alpha value is -2.63. The van der Waals surface area contributed by atoms with Gasteiger partial charge in [-0.2, -0.15) is 11.8 Å². The molecule has 0 spiro atoms. The monoisotopic (exact) mass is 454 g/mol. The summed E-state index contributed by atoms with van der Waals surface area (Å²) in [5, 5.41) is 25.7. The Morgan fingerprint density at radius 1 is 1.00 bits per heavy atom. The molecule has 1 aromatic rings. The highest BCUT2D eigenvalue weighted by atomic mass is 32.2. The van der Waals surface area contributed by atoms with Crippen LogP contribution in [0.5, 0.6) is 0 Å². The van der Waals surface area contributed by atoms with Crippen LogP contribution in [0.1, 0.15) is 18.9 Å². The number of carboxylic acids is 1. The van der Waals surface area contributed by atoms with Crippen LogP contribution in [-0.2, 0) is 25.6 Å². The second-order valence-electron chi connectivity index (χ2n) is 6.95. The number of hydrogen-bond acceptors (Lipinski definition) is 7. The van der Waals surface area contributed by atoms with Crippen molar-refractivity contribution >= 4 is 35.5 Å². The summed E-state index contributed by atoms with van der Waals surface area (Å²) in [6, 6.07) is 4.76. The summed E-state index contributed by atoms with van der Waals surface area (Å²) in [4.78, 5) is 48.2. The predicted molar refractivity (Wildman–Crippen MR) is 117 cm³/mol. The van der Waals surface area contributed by atoms with Gasteiger partial charge in [0, 0.05) is 0 Å². The fourth-order valence-corrected chi connectivity index (χ4v) is 3.07. The maximum absolute atomic E-state index is 12.3. The molecule has 11 heteroatoms. The van der Waals surface area contributed by atoms with Gasteiger partial charge < -0.3 is 31.9 Å². The maximum Gasteiger partial charge on any atom is 0.326 e. The zero-order valence-corrected chi connectivity index (χ0v) is 18.4. The lowest BCUT2D eigenvalue weighted by Gasteiger charge is -2.22. The van der Waals surface area contributed by atoms with Crippen molar-refractivity contribution in [3.8, 4) is 0 Å². The van der Waals surface area contributed by atoms with E-state index in [9.17, 15) is 29.4 Å². The van der Waals surface area contributed by atoms with E-state index in [1.807, 2.05) is 30.3 Å². The van der Waals surface area contributed by atoms with Crippen molar-refractivity contribution in [1.82, 2.24) is 16.0 Å². The lowest BCUT2D eigenvalue weighted by molar-refractivity contribution is -0.142. The zero-order valence-electron chi connectivity index (χ0n) is 17.5. The van der Waals surface area contributed by atoms with E-state index in [1.54, 1.807) is 6.26 Å². The van der Waals surface area contributed by atoms with Crippen molar-refractivity contribution in [1.29, 1.82) is 0 Å². The molecule has 1 aromatic carbocycles. The molecule has 0 aliphatic carbocycles. The number of benzene rings is 1. The van der Waals surface area contributed by atoms with Gasteiger partial charge in [0.1, 0.15) is 18.1 Å². The van der Waals surface area contributed by atoms with Gasteiger partial charge >= 0.3 is 5.97 Å². The Kier molecular flexibility index (Phi) is 11.6. The molecule has 0 aromatic heterocycles. The average molecular weight is 455 g/mol. The number of aliphatic hydroxyl groups is 1. The maximum atomic E-state index is 12.3. The van der Waals surface area contributed by atoms with Crippen LogP contribution < -0.4 is 21.7 Å². The normalized spacial score (nSPS) is 14.6. The number of aliphatic hydroxyl groups excluding tert-OH is 1. The van der Waals surface area contributed by atoms with E-state index in [2.05, 4.69) is 16.0 Å². The first-order chi connectivity index (χ1) is 14.7. The molecule has 172 valence electrons. The summed E-state index contributed by atoms with van der Waals surface area (Å²) in [5.74, 6) is -2.79. The highest BCUT2D eigenvalue weighted by molar-refractivity contribution is 7.98. The molecule has 4 atom stereocenters.